The topological polar surface area (TPSA) is 65.7 Å². The molecule has 0 radical (unpaired) electrons. The normalized spacial score (nSPS) is 13.5. The summed E-state index contributed by atoms with van der Waals surface area (Å²) < 4.78 is 13.8. The van der Waals surface area contributed by atoms with Gasteiger partial charge in [-0.1, -0.05) is 42.8 Å². The molecule has 0 amide bonds. The van der Waals surface area contributed by atoms with E-state index in [1.807, 2.05) is 44.2 Å². The van der Waals surface area contributed by atoms with Crippen molar-refractivity contribution >= 4 is 33.0 Å². The fraction of sp³-hybridized carbons (Fsp3) is 0.375. The minimum absolute atomic E-state index is 0.0153. The van der Waals surface area contributed by atoms with E-state index in [2.05, 4.69) is 34.9 Å². The largest absolute Gasteiger partial charge is 0.493 e. The Balaban J connectivity index is 2.17. The van der Waals surface area contributed by atoms with E-state index in [-0.39, 0.29) is 17.6 Å². The highest BCUT2D eigenvalue weighted by Gasteiger charge is 2.17. The summed E-state index contributed by atoms with van der Waals surface area (Å²) in [5.74, 6) is 1.93. The number of para-hydroxylation sites is 1. The summed E-state index contributed by atoms with van der Waals surface area (Å²) >= 11 is 3.44. The Bertz CT molecular complexity index is 1160. The van der Waals surface area contributed by atoms with Gasteiger partial charge in [-0.25, -0.2) is 4.98 Å². The fourth-order valence-corrected chi connectivity index (χ4v) is 3.47. The molecular weight excluding hydrogens is 458 g/mol. The van der Waals surface area contributed by atoms with Crippen LogP contribution in [-0.4, -0.2) is 29.1 Å². The summed E-state index contributed by atoms with van der Waals surface area (Å²) in [6, 6.07) is 11.1. The Morgan fingerprint density at radius 3 is 2.65 bits per heavy atom. The third-order valence-corrected chi connectivity index (χ3v) is 5.82. The minimum Gasteiger partial charge on any atom is -0.493 e. The van der Waals surface area contributed by atoms with Crippen LogP contribution < -0.4 is 15.0 Å². The van der Waals surface area contributed by atoms with Gasteiger partial charge in [0.1, 0.15) is 5.82 Å². The zero-order valence-corrected chi connectivity index (χ0v) is 20.1. The quantitative estimate of drug-likeness (QED) is 0.381. The van der Waals surface area contributed by atoms with E-state index in [0.29, 0.717) is 28.2 Å². The molecule has 0 spiro atoms. The van der Waals surface area contributed by atoms with Gasteiger partial charge in [-0.3, -0.25) is 4.79 Å². The highest BCUT2D eigenvalue weighted by Crippen LogP contribution is 2.31. The molecule has 2 aromatic carbocycles. The van der Waals surface area contributed by atoms with Crippen LogP contribution in [0, 0.1) is 0 Å². The Morgan fingerprint density at radius 2 is 1.97 bits per heavy atom. The van der Waals surface area contributed by atoms with Gasteiger partial charge in [0.25, 0.3) is 5.56 Å². The van der Waals surface area contributed by atoms with Crippen molar-refractivity contribution in [2.75, 3.05) is 7.11 Å². The predicted octanol–water partition coefficient (Wildman–Crippen LogP) is 5.74. The number of halogens is 1. The first-order chi connectivity index (χ1) is 14.9. The van der Waals surface area contributed by atoms with Crippen molar-refractivity contribution in [3.8, 4) is 11.5 Å². The van der Waals surface area contributed by atoms with Gasteiger partial charge in [0.2, 0.25) is 0 Å². The maximum atomic E-state index is 13.3. The number of nitrogens with zero attached hydrogens (tertiary/aromatic N) is 3. The molecule has 0 aliphatic carbocycles. The summed E-state index contributed by atoms with van der Waals surface area (Å²) in [6.45, 7) is 8.17. The van der Waals surface area contributed by atoms with E-state index in [9.17, 15) is 4.79 Å². The van der Waals surface area contributed by atoms with Crippen LogP contribution in [0.1, 0.15) is 57.8 Å². The average Bonchev–Trinajstić information content (AvgIpc) is 2.78. The van der Waals surface area contributed by atoms with Crippen molar-refractivity contribution in [1.29, 1.82) is 0 Å². The number of hydrogen-bond acceptors (Lipinski definition) is 5. The van der Waals surface area contributed by atoms with Crippen LogP contribution in [0.3, 0.4) is 0 Å². The zero-order valence-electron chi connectivity index (χ0n) is 18.6. The van der Waals surface area contributed by atoms with Crippen molar-refractivity contribution in [2.45, 2.75) is 52.6 Å². The van der Waals surface area contributed by atoms with Crippen LogP contribution in [0.2, 0.25) is 0 Å². The van der Waals surface area contributed by atoms with Crippen LogP contribution in [0.4, 0.5) is 0 Å². The average molecular weight is 486 g/mol. The zero-order chi connectivity index (χ0) is 22.5. The van der Waals surface area contributed by atoms with E-state index in [4.69, 9.17) is 14.5 Å². The number of rotatable bonds is 8. The van der Waals surface area contributed by atoms with Gasteiger partial charge in [-0.05, 0) is 50.1 Å². The Labute approximate surface area is 191 Å². The molecule has 0 bridgehead atoms. The van der Waals surface area contributed by atoms with E-state index in [1.54, 1.807) is 19.4 Å². The molecule has 0 aliphatic rings. The standard InChI is InChI=1S/C24H28BrN3O3/c1-6-15(3)23-27-20-12-11-18(25)13-19(20)24(29)28(23)26-14-17-9-8-10-21(30-5)22(17)31-16(4)7-2/h8-16H,6-7H2,1-5H3/t15-,16-/m1/s1. The SMILES string of the molecule is CC[C@@H](C)Oc1c(C=Nn2c([C@H](C)CC)nc3ccc(Br)cc3c2=O)cccc1OC. The number of methoxy groups -OCH3 is 1. The van der Waals surface area contributed by atoms with Crippen LogP contribution in [0.5, 0.6) is 11.5 Å². The molecule has 3 rings (SSSR count). The van der Waals surface area contributed by atoms with Gasteiger partial charge >= 0.3 is 0 Å². The first-order valence-electron chi connectivity index (χ1n) is 10.5. The number of aromatic nitrogens is 2. The van der Waals surface area contributed by atoms with E-state index in [1.165, 1.54) is 4.68 Å². The lowest BCUT2D eigenvalue weighted by atomic mass is 10.1. The molecule has 7 heteroatoms. The highest BCUT2D eigenvalue weighted by molar-refractivity contribution is 9.10. The monoisotopic (exact) mass is 485 g/mol. The molecule has 0 aliphatic heterocycles. The molecular formula is C24H28BrN3O3. The lowest BCUT2D eigenvalue weighted by Gasteiger charge is -2.18. The second-order valence-corrected chi connectivity index (χ2v) is 8.43. The number of fused-ring (bicyclic) bond motifs is 1. The third-order valence-electron chi connectivity index (χ3n) is 5.32. The third kappa shape index (κ3) is 4.98. The molecule has 0 saturated carbocycles. The van der Waals surface area contributed by atoms with Crippen LogP contribution in [0.15, 0.2) is 50.8 Å². The maximum absolute atomic E-state index is 13.3. The smallest absolute Gasteiger partial charge is 0.282 e. The molecule has 6 nitrogen and oxygen atoms in total. The van der Waals surface area contributed by atoms with Gasteiger partial charge in [0, 0.05) is 16.0 Å². The number of hydrogen-bond donors (Lipinski definition) is 0. The van der Waals surface area contributed by atoms with Gasteiger partial charge < -0.3 is 9.47 Å². The van der Waals surface area contributed by atoms with Crippen molar-refractivity contribution < 1.29 is 9.47 Å². The molecule has 2 atom stereocenters. The molecule has 0 unspecified atom stereocenters. The predicted molar refractivity (Wildman–Crippen MR) is 129 cm³/mol. The molecule has 1 heterocycles. The maximum Gasteiger partial charge on any atom is 0.282 e. The van der Waals surface area contributed by atoms with Gasteiger partial charge in [0.15, 0.2) is 11.5 Å². The van der Waals surface area contributed by atoms with Gasteiger partial charge in [-0.2, -0.15) is 9.78 Å². The Morgan fingerprint density at radius 1 is 1.19 bits per heavy atom. The minimum atomic E-state index is -0.204. The number of benzene rings is 2. The van der Waals surface area contributed by atoms with Crippen molar-refractivity contribution in [2.24, 2.45) is 5.10 Å². The first kappa shape index (κ1) is 23.0. The van der Waals surface area contributed by atoms with E-state index >= 15 is 0 Å². The van der Waals surface area contributed by atoms with Gasteiger partial charge in [-0.15, -0.1) is 0 Å². The van der Waals surface area contributed by atoms with Crippen LogP contribution >= 0.6 is 15.9 Å². The summed E-state index contributed by atoms with van der Waals surface area (Å²) in [5.41, 5.74) is 1.19. The summed E-state index contributed by atoms with van der Waals surface area (Å²) in [5, 5.41) is 5.07. The summed E-state index contributed by atoms with van der Waals surface area (Å²) in [7, 11) is 1.61. The van der Waals surface area contributed by atoms with E-state index in [0.717, 1.165) is 22.9 Å². The van der Waals surface area contributed by atoms with Crippen molar-refractivity contribution in [1.82, 2.24) is 9.66 Å². The highest BCUT2D eigenvalue weighted by atomic mass is 79.9. The lowest BCUT2D eigenvalue weighted by molar-refractivity contribution is 0.207. The lowest BCUT2D eigenvalue weighted by Crippen LogP contribution is -2.23. The molecule has 164 valence electrons. The Hall–Kier alpha value is -2.67. The fourth-order valence-electron chi connectivity index (χ4n) is 3.10. The molecule has 0 N–H and O–H groups in total. The molecule has 3 aromatic rings. The van der Waals surface area contributed by atoms with Crippen LogP contribution in [-0.2, 0) is 0 Å². The molecule has 0 saturated heterocycles. The summed E-state index contributed by atoms with van der Waals surface area (Å²) in [4.78, 5) is 18.1. The second kappa shape index (κ2) is 10.1. The van der Waals surface area contributed by atoms with Crippen LogP contribution in [0.25, 0.3) is 10.9 Å². The molecule has 1 aromatic heterocycles. The number of ether oxygens (including phenoxy) is 2. The second-order valence-electron chi connectivity index (χ2n) is 7.52. The Kier molecular flexibility index (Phi) is 7.49. The summed E-state index contributed by atoms with van der Waals surface area (Å²) in [6.07, 6.45) is 3.35. The first-order valence-corrected chi connectivity index (χ1v) is 11.3. The van der Waals surface area contributed by atoms with Gasteiger partial charge in [0.05, 0.1) is 30.3 Å². The van der Waals surface area contributed by atoms with E-state index < -0.39 is 0 Å². The molecule has 31 heavy (non-hydrogen) atoms. The van der Waals surface area contributed by atoms with Crippen molar-refractivity contribution in [3.05, 3.63) is 62.6 Å². The van der Waals surface area contributed by atoms with Crippen molar-refractivity contribution in [3.63, 3.8) is 0 Å². The molecule has 0 fully saturated rings.